The topological polar surface area (TPSA) is 81.2 Å². The number of sulfonamides is 1. The molecule has 0 bridgehead atoms. The first-order chi connectivity index (χ1) is 7.98. The number of anilines is 1. The molecule has 1 saturated carbocycles. The van der Waals surface area contributed by atoms with E-state index >= 15 is 0 Å². The number of aromatic nitrogens is 2. The van der Waals surface area contributed by atoms with E-state index < -0.39 is 10.0 Å². The van der Waals surface area contributed by atoms with E-state index in [0.29, 0.717) is 6.54 Å². The van der Waals surface area contributed by atoms with Crippen molar-refractivity contribution < 1.29 is 8.42 Å². The van der Waals surface area contributed by atoms with Crippen LogP contribution in [0.3, 0.4) is 0 Å². The van der Waals surface area contributed by atoms with Gasteiger partial charge in [0, 0.05) is 19.6 Å². The molecule has 0 radical (unpaired) electrons. The smallest absolute Gasteiger partial charge is 0.263 e. The lowest BCUT2D eigenvalue weighted by Crippen LogP contribution is -2.34. The lowest BCUT2D eigenvalue weighted by molar-refractivity contribution is 0.431. The number of nitrogens with two attached hydrogens (primary N) is 1. The van der Waals surface area contributed by atoms with Gasteiger partial charge in [-0.2, -0.15) is 4.31 Å². The van der Waals surface area contributed by atoms with Crippen molar-refractivity contribution in [3.8, 4) is 0 Å². The van der Waals surface area contributed by atoms with Gasteiger partial charge in [-0.05, 0) is 12.8 Å². The fourth-order valence-electron chi connectivity index (χ4n) is 1.80. The minimum Gasteiger partial charge on any atom is -0.381 e. The molecule has 0 amide bonds. The Labute approximate surface area is 101 Å². The van der Waals surface area contributed by atoms with Crippen molar-refractivity contribution in [3.05, 3.63) is 19.0 Å². The molecule has 0 aliphatic heterocycles. The largest absolute Gasteiger partial charge is 0.381 e. The third-order valence-electron chi connectivity index (χ3n) is 2.73. The van der Waals surface area contributed by atoms with Crippen molar-refractivity contribution in [2.75, 3.05) is 12.3 Å². The van der Waals surface area contributed by atoms with Gasteiger partial charge in [-0.1, -0.05) is 6.08 Å². The molecule has 1 fully saturated rings. The summed E-state index contributed by atoms with van der Waals surface area (Å²) in [5.41, 5.74) is 5.62. The molecule has 1 aromatic heterocycles. The van der Waals surface area contributed by atoms with Crippen molar-refractivity contribution in [1.82, 2.24) is 13.9 Å². The molecule has 6 nitrogen and oxygen atoms in total. The standard InChI is InChI=1S/C10H16N4O2S/c1-3-6-14(8-4-5-8)17(15,16)10-9(11)12-7-13(10)2/h3,7-8H,1,4-6,11H2,2H3. The van der Waals surface area contributed by atoms with Gasteiger partial charge in [0.15, 0.2) is 10.8 Å². The number of hydrogen-bond donors (Lipinski definition) is 1. The number of nitrogen functional groups attached to an aromatic ring is 1. The van der Waals surface area contributed by atoms with E-state index in [4.69, 9.17) is 5.73 Å². The van der Waals surface area contributed by atoms with Crippen LogP contribution < -0.4 is 5.73 Å². The first-order valence-corrected chi connectivity index (χ1v) is 6.82. The summed E-state index contributed by atoms with van der Waals surface area (Å²) in [6.45, 7) is 3.89. The molecule has 0 spiro atoms. The first kappa shape index (κ1) is 12.1. The number of aryl methyl sites for hydroxylation is 1. The van der Waals surface area contributed by atoms with E-state index in [0.717, 1.165) is 12.8 Å². The van der Waals surface area contributed by atoms with Gasteiger partial charge < -0.3 is 10.3 Å². The second-order valence-electron chi connectivity index (χ2n) is 4.14. The first-order valence-electron chi connectivity index (χ1n) is 5.38. The second-order valence-corrected chi connectivity index (χ2v) is 5.95. The zero-order chi connectivity index (χ0) is 12.6. The molecule has 17 heavy (non-hydrogen) atoms. The minimum atomic E-state index is -3.58. The molecule has 1 heterocycles. The molecular formula is C10H16N4O2S. The lowest BCUT2D eigenvalue weighted by atomic mass is 10.6. The van der Waals surface area contributed by atoms with Crippen molar-refractivity contribution in [2.45, 2.75) is 23.9 Å². The number of nitrogens with zero attached hydrogens (tertiary/aromatic N) is 3. The average molecular weight is 256 g/mol. The Morgan fingerprint density at radius 2 is 2.35 bits per heavy atom. The summed E-state index contributed by atoms with van der Waals surface area (Å²) in [6, 6.07) is 0.0762. The monoisotopic (exact) mass is 256 g/mol. The van der Waals surface area contributed by atoms with Gasteiger partial charge in [-0.3, -0.25) is 0 Å². The molecule has 94 valence electrons. The quantitative estimate of drug-likeness (QED) is 0.770. The third-order valence-corrected chi connectivity index (χ3v) is 4.78. The normalized spacial score (nSPS) is 16.4. The van der Waals surface area contributed by atoms with Gasteiger partial charge in [-0.15, -0.1) is 6.58 Å². The Bertz CT molecular complexity index is 511. The van der Waals surface area contributed by atoms with Crippen LogP contribution in [0.1, 0.15) is 12.8 Å². The molecule has 0 unspecified atom stereocenters. The Hall–Kier alpha value is -1.34. The molecular weight excluding hydrogens is 240 g/mol. The second kappa shape index (κ2) is 4.15. The molecule has 2 rings (SSSR count). The van der Waals surface area contributed by atoms with Gasteiger partial charge in [0.05, 0.1) is 6.33 Å². The van der Waals surface area contributed by atoms with Crippen LogP contribution >= 0.6 is 0 Å². The molecule has 0 aromatic carbocycles. The molecule has 7 heteroatoms. The zero-order valence-electron chi connectivity index (χ0n) is 9.70. The molecule has 0 saturated heterocycles. The Morgan fingerprint density at radius 1 is 1.71 bits per heavy atom. The van der Waals surface area contributed by atoms with Crippen molar-refractivity contribution in [2.24, 2.45) is 7.05 Å². The maximum absolute atomic E-state index is 12.4. The molecule has 1 aromatic rings. The van der Waals surface area contributed by atoms with Crippen LogP contribution in [-0.2, 0) is 17.1 Å². The fourth-order valence-corrected chi connectivity index (χ4v) is 3.65. The lowest BCUT2D eigenvalue weighted by Gasteiger charge is -2.20. The number of imidazole rings is 1. The third kappa shape index (κ3) is 2.07. The van der Waals surface area contributed by atoms with E-state index in [9.17, 15) is 8.42 Å². The minimum absolute atomic E-state index is 0.0437. The Kier molecular flexibility index (Phi) is 2.96. The Balaban J connectivity index is 2.44. The summed E-state index contributed by atoms with van der Waals surface area (Å²) in [5.74, 6) is 0.0437. The molecule has 1 aliphatic carbocycles. The fraction of sp³-hybridized carbons (Fsp3) is 0.500. The van der Waals surface area contributed by atoms with E-state index in [2.05, 4.69) is 11.6 Å². The van der Waals surface area contributed by atoms with Crippen LogP contribution in [0.4, 0.5) is 5.82 Å². The predicted octanol–water partition coefficient (Wildman–Crippen LogP) is 0.341. The van der Waals surface area contributed by atoms with Crippen LogP contribution in [0.5, 0.6) is 0 Å². The summed E-state index contributed by atoms with van der Waals surface area (Å²) in [5, 5.41) is 0.0613. The molecule has 2 N–H and O–H groups in total. The Morgan fingerprint density at radius 3 is 2.76 bits per heavy atom. The van der Waals surface area contributed by atoms with Crippen molar-refractivity contribution in [3.63, 3.8) is 0 Å². The number of hydrogen-bond acceptors (Lipinski definition) is 4. The van der Waals surface area contributed by atoms with Crippen LogP contribution in [0.25, 0.3) is 0 Å². The van der Waals surface area contributed by atoms with Crippen LogP contribution in [-0.4, -0.2) is 34.9 Å². The van der Waals surface area contributed by atoms with Crippen LogP contribution in [0.2, 0.25) is 0 Å². The SMILES string of the molecule is C=CCN(C1CC1)S(=O)(=O)c1c(N)ncn1C. The van der Waals surface area contributed by atoms with E-state index in [1.165, 1.54) is 15.2 Å². The highest BCUT2D eigenvalue weighted by Gasteiger charge is 2.39. The highest BCUT2D eigenvalue weighted by Crippen LogP contribution is 2.32. The van der Waals surface area contributed by atoms with Gasteiger partial charge in [0.2, 0.25) is 0 Å². The molecule has 1 aliphatic rings. The summed E-state index contributed by atoms with van der Waals surface area (Å²) < 4.78 is 27.8. The van der Waals surface area contributed by atoms with Crippen LogP contribution in [0, 0.1) is 0 Å². The maximum atomic E-state index is 12.4. The van der Waals surface area contributed by atoms with Crippen LogP contribution in [0.15, 0.2) is 24.0 Å². The zero-order valence-corrected chi connectivity index (χ0v) is 10.5. The highest BCUT2D eigenvalue weighted by molar-refractivity contribution is 7.89. The van der Waals surface area contributed by atoms with E-state index in [-0.39, 0.29) is 16.9 Å². The summed E-state index contributed by atoms with van der Waals surface area (Å²) in [4.78, 5) is 3.81. The summed E-state index contributed by atoms with van der Waals surface area (Å²) in [6.07, 6.45) is 4.78. The molecule has 0 atom stereocenters. The predicted molar refractivity (Wildman–Crippen MR) is 64.7 cm³/mol. The van der Waals surface area contributed by atoms with Crippen molar-refractivity contribution >= 4 is 15.8 Å². The van der Waals surface area contributed by atoms with E-state index in [1.807, 2.05) is 0 Å². The van der Waals surface area contributed by atoms with Gasteiger partial charge in [-0.25, -0.2) is 13.4 Å². The maximum Gasteiger partial charge on any atom is 0.263 e. The van der Waals surface area contributed by atoms with Gasteiger partial charge >= 0.3 is 0 Å². The summed E-state index contributed by atoms with van der Waals surface area (Å²) in [7, 11) is -1.96. The van der Waals surface area contributed by atoms with E-state index in [1.54, 1.807) is 13.1 Å². The average Bonchev–Trinajstić information content (AvgIpc) is 3.01. The number of rotatable bonds is 5. The van der Waals surface area contributed by atoms with Crippen molar-refractivity contribution in [1.29, 1.82) is 0 Å². The highest BCUT2D eigenvalue weighted by atomic mass is 32.2. The summed E-state index contributed by atoms with van der Waals surface area (Å²) >= 11 is 0. The van der Waals surface area contributed by atoms with Gasteiger partial charge in [0.1, 0.15) is 0 Å². The van der Waals surface area contributed by atoms with Gasteiger partial charge in [0.25, 0.3) is 10.0 Å².